The molecule has 2 fully saturated rings. The van der Waals surface area contributed by atoms with E-state index < -0.39 is 0 Å². The molecule has 5 heteroatoms. The molecule has 2 aliphatic rings. The quantitative estimate of drug-likeness (QED) is 0.557. The van der Waals surface area contributed by atoms with Gasteiger partial charge in [0, 0.05) is 31.7 Å². The smallest absolute Gasteiger partial charge is 0.194 e. The van der Waals surface area contributed by atoms with Crippen LogP contribution in [0.1, 0.15) is 36.5 Å². The number of ether oxygens (including phenoxy) is 2. The first-order valence-corrected chi connectivity index (χ1v) is 11.1. The van der Waals surface area contributed by atoms with Gasteiger partial charge in [0.25, 0.3) is 0 Å². The number of nitrogens with one attached hydrogen (secondary N) is 1. The molecule has 2 aromatic rings. The Hall–Kier alpha value is -2.37. The molecule has 1 atom stereocenters. The molecule has 0 saturated carbocycles. The third kappa shape index (κ3) is 5.41. The molecule has 4 rings (SSSR count). The van der Waals surface area contributed by atoms with Crippen molar-refractivity contribution in [3.8, 4) is 0 Å². The minimum absolute atomic E-state index is 0.339. The van der Waals surface area contributed by atoms with Crippen molar-refractivity contribution >= 4 is 5.96 Å². The first kappa shape index (κ1) is 20.9. The van der Waals surface area contributed by atoms with Crippen LogP contribution in [0.25, 0.3) is 0 Å². The van der Waals surface area contributed by atoms with Crippen LogP contribution in [0.4, 0.5) is 0 Å². The predicted octanol–water partition coefficient (Wildman–Crippen LogP) is 3.98. The van der Waals surface area contributed by atoms with Gasteiger partial charge in [0.1, 0.15) is 0 Å². The highest BCUT2D eigenvalue weighted by Gasteiger charge is 2.42. The van der Waals surface area contributed by atoms with Crippen molar-refractivity contribution in [2.75, 3.05) is 32.8 Å². The second kappa shape index (κ2) is 10.1. The molecular formula is C25H33N3O2. The lowest BCUT2D eigenvalue weighted by Gasteiger charge is -2.25. The Morgan fingerprint density at radius 2 is 1.87 bits per heavy atom. The predicted molar refractivity (Wildman–Crippen MR) is 120 cm³/mol. The van der Waals surface area contributed by atoms with E-state index in [0.717, 1.165) is 38.8 Å². The van der Waals surface area contributed by atoms with Gasteiger partial charge >= 0.3 is 0 Å². The van der Waals surface area contributed by atoms with Crippen LogP contribution in [0, 0.1) is 5.41 Å². The number of likely N-dealkylation sites (tertiary alicyclic amines) is 1. The van der Waals surface area contributed by atoms with Gasteiger partial charge in [-0.2, -0.15) is 0 Å². The summed E-state index contributed by atoms with van der Waals surface area (Å²) >= 11 is 0. The number of guanidine groups is 1. The first-order valence-electron chi connectivity index (χ1n) is 11.1. The third-order valence-corrected chi connectivity index (χ3v) is 6.04. The molecule has 1 unspecified atom stereocenters. The largest absolute Gasteiger partial charge is 0.381 e. The molecule has 30 heavy (non-hydrogen) atoms. The number of hydrogen-bond donors (Lipinski definition) is 1. The summed E-state index contributed by atoms with van der Waals surface area (Å²) in [7, 11) is 0. The van der Waals surface area contributed by atoms with Gasteiger partial charge in [0.2, 0.25) is 0 Å². The molecule has 0 aromatic heterocycles. The lowest BCUT2D eigenvalue weighted by Crippen LogP contribution is -2.41. The van der Waals surface area contributed by atoms with Crippen molar-refractivity contribution < 1.29 is 9.47 Å². The van der Waals surface area contributed by atoms with Crippen molar-refractivity contribution in [2.45, 2.75) is 39.5 Å². The van der Waals surface area contributed by atoms with E-state index >= 15 is 0 Å². The number of benzene rings is 2. The van der Waals surface area contributed by atoms with E-state index in [1.165, 1.54) is 29.5 Å². The molecule has 1 spiro atoms. The maximum Gasteiger partial charge on any atom is 0.194 e. The summed E-state index contributed by atoms with van der Waals surface area (Å²) in [5.41, 5.74) is 3.94. The summed E-state index contributed by atoms with van der Waals surface area (Å²) < 4.78 is 11.6. The van der Waals surface area contributed by atoms with E-state index in [4.69, 9.17) is 14.5 Å². The van der Waals surface area contributed by atoms with Gasteiger partial charge in [-0.15, -0.1) is 0 Å². The van der Waals surface area contributed by atoms with Gasteiger partial charge in [0.15, 0.2) is 5.96 Å². The first-order chi connectivity index (χ1) is 14.8. The summed E-state index contributed by atoms with van der Waals surface area (Å²) in [5, 5.41) is 3.48. The molecule has 2 aromatic carbocycles. The van der Waals surface area contributed by atoms with Crippen LogP contribution in [0.5, 0.6) is 0 Å². The molecule has 0 bridgehead atoms. The summed E-state index contributed by atoms with van der Waals surface area (Å²) in [6, 6.07) is 18.9. The Bertz CT molecular complexity index is 831. The van der Waals surface area contributed by atoms with Crippen molar-refractivity contribution in [1.82, 2.24) is 10.2 Å². The monoisotopic (exact) mass is 407 g/mol. The van der Waals surface area contributed by atoms with E-state index in [-0.39, 0.29) is 0 Å². The molecule has 160 valence electrons. The third-order valence-electron chi connectivity index (χ3n) is 6.04. The van der Waals surface area contributed by atoms with Crippen LogP contribution in [-0.4, -0.2) is 43.7 Å². The van der Waals surface area contributed by atoms with Gasteiger partial charge in [-0.25, -0.2) is 4.99 Å². The Kier molecular flexibility index (Phi) is 7.03. The Balaban J connectivity index is 1.34. The molecule has 0 amide bonds. The van der Waals surface area contributed by atoms with Crippen LogP contribution in [0.2, 0.25) is 0 Å². The van der Waals surface area contributed by atoms with E-state index in [1.807, 2.05) is 18.2 Å². The number of hydrogen-bond acceptors (Lipinski definition) is 3. The number of rotatable bonds is 7. The number of nitrogens with zero attached hydrogens (tertiary/aromatic N) is 2. The van der Waals surface area contributed by atoms with Gasteiger partial charge in [-0.1, -0.05) is 54.6 Å². The minimum atomic E-state index is 0.339. The summed E-state index contributed by atoms with van der Waals surface area (Å²) in [6.45, 7) is 8.84. The molecule has 2 saturated heterocycles. The summed E-state index contributed by atoms with van der Waals surface area (Å²) in [6.07, 6.45) is 2.37. The van der Waals surface area contributed by atoms with Gasteiger partial charge in [0.05, 0.1) is 26.4 Å². The van der Waals surface area contributed by atoms with Crippen LogP contribution in [-0.2, 0) is 29.2 Å². The molecule has 1 N–H and O–H groups in total. The van der Waals surface area contributed by atoms with Crippen molar-refractivity contribution in [3.63, 3.8) is 0 Å². The Morgan fingerprint density at radius 1 is 1.07 bits per heavy atom. The molecule has 2 heterocycles. The minimum Gasteiger partial charge on any atom is -0.381 e. The number of aliphatic imine (C=N–C) groups is 1. The molecule has 5 nitrogen and oxygen atoms in total. The summed E-state index contributed by atoms with van der Waals surface area (Å²) in [5.74, 6) is 1.02. The van der Waals surface area contributed by atoms with Crippen LogP contribution in [0.15, 0.2) is 59.6 Å². The highest BCUT2D eigenvalue weighted by atomic mass is 16.5. The van der Waals surface area contributed by atoms with Gasteiger partial charge in [-0.3, -0.25) is 0 Å². The second-order valence-corrected chi connectivity index (χ2v) is 8.44. The lowest BCUT2D eigenvalue weighted by molar-refractivity contribution is 0.107. The fourth-order valence-corrected chi connectivity index (χ4v) is 4.36. The van der Waals surface area contributed by atoms with Gasteiger partial charge < -0.3 is 19.7 Å². The zero-order valence-electron chi connectivity index (χ0n) is 18.0. The average Bonchev–Trinajstić information content (AvgIpc) is 3.42. The van der Waals surface area contributed by atoms with E-state index in [0.29, 0.717) is 25.2 Å². The standard InChI is InChI=1S/C25H33N3O2/c1-2-26-24(28-13-11-25(19-28)12-14-29-20-25)27-16-22-9-6-10-23(15-22)18-30-17-21-7-4-3-5-8-21/h3-10,15H,2,11-14,16-20H2,1H3,(H,26,27). The zero-order chi connectivity index (χ0) is 20.7. The van der Waals surface area contributed by atoms with Crippen molar-refractivity contribution in [3.05, 3.63) is 71.3 Å². The van der Waals surface area contributed by atoms with Crippen molar-refractivity contribution in [1.29, 1.82) is 0 Å². The fraction of sp³-hybridized carbons (Fsp3) is 0.480. The lowest BCUT2D eigenvalue weighted by atomic mass is 9.87. The molecule has 0 radical (unpaired) electrons. The Morgan fingerprint density at radius 3 is 2.67 bits per heavy atom. The summed E-state index contributed by atoms with van der Waals surface area (Å²) in [4.78, 5) is 7.35. The molecular weight excluding hydrogens is 374 g/mol. The maximum absolute atomic E-state index is 5.89. The Labute approximate surface area is 180 Å². The van der Waals surface area contributed by atoms with E-state index in [1.54, 1.807) is 0 Å². The van der Waals surface area contributed by atoms with E-state index in [2.05, 4.69) is 53.5 Å². The van der Waals surface area contributed by atoms with Crippen LogP contribution < -0.4 is 5.32 Å². The van der Waals surface area contributed by atoms with E-state index in [9.17, 15) is 0 Å². The normalized spacial score (nSPS) is 21.5. The van der Waals surface area contributed by atoms with Crippen LogP contribution in [0.3, 0.4) is 0 Å². The maximum atomic E-state index is 5.89. The SMILES string of the molecule is CCNC(=NCc1cccc(COCc2ccccc2)c1)N1CCC2(CCOC2)C1. The zero-order valence-corrected chi connectivity index (χ0v) is 18.0. The molecule has 0 aliphatic carbocycles. The van der Waals surface area contributed by atoms with Gasteiger partial charge in [-0.05, 0) is 36.5 Å². The van der Waals surface area contributed by atoms with Crippen molar-refractivity contribution in [2.24, 2.45) is 10.4 Å². The second-order valence-electron chi connectivity index (χ2n) is 8.44. The average molecular weight is 408 g/mol. The van der Waals surface area contributed by atoms with Crippen LogP contribution >= 0.6 is 0 Å². The highest BCUT2D eigenvalue weighted by Crippen LogP contribution is 2.38. The topological polar surface area (TPSA) is 46.1 Å². The highest BCUT2D eigenvalue weighted by molar-refractivity contribution is 5.80. The fourth-order valence-electron chi connectivity index (χ4n) is 4.36. The molecule has 2 aliphatic heterocycles.